The predicted molar refractivity (Wildman–Crippen MR) is 73.0 cm³/mol. The van der Waals surface area contributed by atoms with Crippen molar-refractivity contribution in [1.29, 1.82) is 0 Å². The molecule has 0 amide bonds. The Kier molecular flexibility index (Phi) is 4.30. The van der Waals surface area contributed by atoms with Gasteiger partial charge in [-0.3, -0.25) is 0 Å². The molecule has 2 rings (SSSR count). The second kappa shape index (κ2) is 5.78. The average Bonchev–Trinajstić information content (AvgIpc) is 3.04. The molecule has 0 aliphatic heterocycles. The Morgan fingerprint density at radius 3 is 2.79 bits per heavy atom. The van der Waals surface area contributed by atoms with E-state index in [0.717, 1.165) is 12.3 Å². The van der Waals surface area contributed by atoms with Crippen LogP contribution in [0.15, 0.2) is 16.5 Å². The Morgan fingerprint density at radius 1 is 1.47 bits per heavy atom. The van der Waals surface area contributed by atoms with E-state index in [1.165, 1.54) is 32.8 Å². The van der Waals surface area contributed by atoms with E-state index in [2.05, 4.69) is 23.9 Å². The highest BCUT2D eigenvalue weighted by molar-refractivity contribution is 5.86. The van der Waals surface area contributed by atoms with Gasteiger partial charge < -0.3 is 14.5 Å². The highest BCUT2D eigenvalue weighted by atomic mass is 16.5. The van der Waals surface area contributed by atoms with Crippen LogP contribution in [0.1, 0.15) is 61.9 Å². The molecule has 1 fully saturated rings. The van der Waals surface area contributed by atoms with Gasteiger partial charge in [-0.1, -0.05) is 19.8 Å². The maximum absolute atomic E-state index is 11.3. The maximum Gasteiger partial charge on any atom is 0.373 e. The van der Waals surface area contributed by atoms with Crippen LogP contribution >= 0.6 is 0 Å². The summed E-state index contributed by atoms with van der Waals surface area (Å²) < 4.78 is 10.1. The van der Waals surface area contributed by atoms with Gasteiger partial charge in [-0.2, -0.15) is 0 Å². The van der Waals surface area contributed by atoms with Crippen molar-refractivity contribution in [2.75, 3.05) is 13.7 Å². The lowest BCUT2D eigenvalue weighted by Gasteiger charge is -2.25. The highest BCUT2D eigenvalue weighted by Gasteiger charge is 2.29. The normalized spacial score (nSPS) is 19.3. The van der Waals surface area contributed by atoms with Gasteiger partial charge in [0.25, 0.3) is 0 Å². The summed E-state index contributed by atoms with van der Waals surface area (Å²) in [5.41, 5.74) is 0.409. The molecule has 0 bridgehead atoms. The smallest absolute Gasteiger partial charge is 0.373 e. The number of carbonyl (C=O) groups excluding carboxylic acids is 1. The molecule has 1 saturated carbocycles. The van der Waals surface area contributed by atoms with Crippen LogP contribution in [-0.2, 0) is 4.74 Å². The molecule has 0 saturated heterocycles. The Labute approximate surface area is 114 Å². The molecule has 19 heavy (non-hydrogen) atoms. The summed E-state index contributed by atoms with van der Waals surface area (Å²) in [6, 6.07) is 3.60. The zero-order valence-corrected chi connectivity index (χ0v) is 12.0. The topological polar surface area (TPSA) is 51.5 Å². The Hall–Kier alpha value is -1.29. The van der Waals surface area contributed by atoms with Crippen LogP contribution in [0.5, 0.6) is 0 Å². The van der Waals surface area contributed by atoms with E-state index in [1.807, 2.05) is 6.07 Å². The fourth-order valence-electron chi connectivity index (χ4n) is 2.70. The van der Waals surface area contributed by atoms with Crippen molar-refractivity contribution in [3.8, 4) is 0 Å². The van der Waals surface area contributed by atoms with Crippen molar-refractivity contribution in [2.45, 2.75) is 45.6 Å². The van der Waals surface area contributed by atoms with E-state index in [1.54, 1.807) is 6.07 Å². The minimum atomic E-state index is -0.429. The highest BCUT2D eigenvalue weighted by Crippen LogP contribution is 2.37. The van der Waals surface area contributed by atoms with Gasteiger partial charge >= 0.3 is 5.97 Å². The Morgan fingerprint density at radius 2 is 2.16 bits per heavy atom. The number of esters is 1. The summed E-state index contributed by atoms with van der Waals surface area (Å²) in [6.07, 6.45) is 5.25. The number of rotatable bonds is 5. The Balaban J connectivity index is 1.90. The second-order valence-corrected chi connectivity index (χ2v) is 5.81. The first-order chi connectivity index (χ1) is 9.04. The van der Waals surface area contributed by atoms with Crippen LogP contribution in [0.25, 0.3) is 0 Å². The van der Waals surface area contributed by atoms with Gasteiger partial charge in [-0.25, -0.2) is 4.79 Å². The molecule has 0 spiro atoms. The lowest BCUT2D eigenvalue weighted by Crippen LogP contribution is -2.31. The molecular formula is C15H23NO3. The molecule has 0 aromatic carbocycles. The van der Waals surface area contributed by atoms with Gasteiger partial charge in [-0.05, 0) is 37.3 Å². The molecule has 1 heterocycles. The van der Waals surface area contributed by atoms with Crippen molar-refractivity contribution in [1.82, 2.24) is 5.32 Å². The Bertz CT molecular complexity index is 432. The number of carbonyl (C=O) groups is 1. The molecule has 106 valence electrons. The quantitative estimate of drug-likeness (QED) is 0.830. The summed E-state index contributed by atoms with van der Waals surface area (Å²) in [5, 5.41) is 3.51. The van der Waals surface area contributed by atoms with Crippen LogP contribution in [0, 0.1) is 5.41 Å². The fourth-order valence-corrected chi connectivity index (χ4v) is 2.70. The summed E-state index contributed by atoms with van der Waals surface area (Å²) in [5.74, 6) is 0.612. The SMILES string of the molecule is COC(=O)c1ccc(C(C)NCC2(C)CCCC2)o1. The first kappa shape index (κ1) is 14.1. The fraction of sp³-hybridized carbons (Fsp3) is 0.667. The average molecular weight is 265 g/mol. The molecule has 0 radical (unpaired) electrons. The standard InChI is InChI=1S/C15H23NO3/c1-11(16-10-15(2)8-4-5-9-15)12-6-7-13(19-12)14(17)18-3/h6-7,11,16H,4-5,8-10H2,1-3H3. The van der Waals surface area contributed by atoms with E-state index in [9.17, 15) is 4.79 Å². The van der Waals surface area contributed by atoms with Crippen LogP contribution in [0.2, 0.25) is 0 Å². The van der Waals surface area contributed by atoms with Crippen LogP contribution in [0.3, 0.4) is 0 Å². The van der Waals surface area contributed by atoms with Gasteiger partial charge in [0.15, 0.2) is 0 Å². The van der Waals surface area contributed by atoms with E-state index in [4.69, 9.17) is 4.42 Å². The van der Waals surface area contributed by atoms with Crippen molar-refractivity contribution in [2.24, 2.45) is 5.41 Å². The summed E-state index contributed by atoms with van der Waals surface area (Å²) in [4.78, 5) is 11.3. The van der Waals surface area contributed by atoms with Gasteiger partial charge in [-0.15, -0.1) is 0 Å². The molecule has 4 nitrogen and oxygen atoms in total. The van der Waals surface area contributed by atoms with Gasteiger partial charge in [0.05, 0.1) is 13.2 Å². The molecule has 1 aliphatic carbocycles. The largest absolute Gasteiger partial charge is 0.463 e. The van der Waals surface area contributed by atoms with Crippen molar-refractivity contribution >= 4 is 5.97 Å². The lowest BCUT2D eigenvalue weighted by molar-refractivity contribution is 0.0562. The van der Waals surface area contributed by atoms with E-state index in [-0.39, 0.29) is 11.8 Å². The molecule has 1 unspecified atom stereocenters. The zero-order chi connectivity index (χ0) is 13.9. The number of hydrogen-bond donors (Lipinski definition) is 1. The van der Waals surface area contributed by atoms with E-state index >= 15 is 0 Å². The molecule has 1 aromatic heterocycles. The third kappa shape index (κ3) is 3.38. The van der Waals surface area contributed by atoms with Gasteiger partial charge in [0.2, 0.25) is 5.76 Å². The number of hydrogen-bond acceptors (Lipinski definition) is 4. The second-order valence-electron chi connectivity index (χ2n) is 5.81. The van der Waals surface area contributed by atoms with Crippen molar-refractivity contribution in [3.05, 3.63) is 23.7 Å². The van der Waals surface area contributed by atoms with Crippen molar-refractivity contribution in [3.63, 3.8) is 0 Å². The number of methoxy groups -OCH3 is 1. The van der Waals surface area contributed by atoms with Crippen molar-refractivity contribution < 1.29 is 13.9 Å². The number of ether oxygens (including phenoxy) is 1. The van der Waals surface area contributed by atoms with E-state index in [0.29, 0.717) is 5.41 Å². The predicted octanol–water partition coefficient (Wildman–Crippen LogP) is 3.30. The summed E-state index contributed by atoms with van der Waals surface area (Å²) in [7, 11) is 1.35. The molecule has 1 N–H and O–H groups in total. The first-order valence-electron chi connectivity index (χ1n) is 6.95. The first-order valence-corrected chi connectivity index (χ1v) is 6.95. The van der Waals surface area contributed by atoms with Crippen LogP contribution in [0.4, 0.5) is 0 Å². The van der Waals surface area contributed by atoms with Crippen LogP contribution in [-0.4, -0.2) is 19.6 Å². The van der Waals surface area contributed by atoms with Gasteiger partial charge in [0.1, 0.15) is 5.76 Å². The minimum Gasteiger partial charge on any atom is -0.463 e. The van der Waals surface area contributed by atoms with Gasteiger partial charge in [0, 0.05) is 6.54 Å². The monoisotopic (exact) mass is 265 g/mol. The third-order valence-corrected chi connectivity index (χ3v) is 4.09. The summed E-state index contributed by atoms with van der Waals surface area (Å²) >= 11 is 0. The van der Waals surface area contributed by atoms with E-state index < -0.39 is 5.97 Å². The maximum atomic E-state index is 11.3. The molecule has 1 atom stereocenters. The molecular weight excluding hydrogens is 242 g/mol. The minimum absolute atomic E-state index is 0.107. The molecule has 4 heteroatoms. The zero-order valence-electron chi connectivity index (χ0n) is 12.0. The molecule has 1 aromatic rings. The third-order valence-electron chi connectivity index (χ3n) is 4.09. The molecule has 1 aliphatic rings. The number of furan rings is 1. The number of nitrogens with one attached hydrogen (secondary N) is 1. The summed E-state index contributed by atoms with van der Waals surface area (Å²) in [6.45, 7) is 5.38. The lowest BCUT2D eigenvalue weighted by atomic mass is 9.88. The van der Waals surface area contributed by atoms with Crippen LogP contribution < -0.4 is 5.32 Å².